The average Bonchev–Trinajstić information content (AvgIpc) is 3.25. The van der Waals surface area contributed by atoms with Crippen molar-refractivity contribution in [2.24, 2.45) is 0 Å². The molecule has 5 rings (SSSR count). The Bertz CT molecular complexity index is 1560. The molecule has 0 atom stereocenters. The third kappa shape index (κ3) is 4.85. The number of hydrogen-bond donors (Lipinski definition) is 0. The molecule has 200 valence electrons. The molecule has 0 radical (unpaired) electrons. The molecule has 1 saturated heterocycles. The highest BCUT2D eigenvalue weighted by Gasteiger charge is 2.34. The van der Waals surface area contributed by atoms with Crippen LogP contribution in [0.3, 0.4) is 0 Å². The Hall–Kier alpha value is -3.51. The van der Waals surface area contributed by atoms with E-state index in [4.69, 9.17) is 15.1 Å². The van der Waals surface area contributed by atoms with E-state index in [1.165, 1.54) is 10.4 Å². The second kappa shape index (κ2) is 9.99. The summed E-state index contributed by atoms with van der Waals surface area (Å²) in [5.74, 6) is 1.36. The lowest BCUT2D eigenvalue weighted by atomic mass is 10.2. The molecule has 38 heavy (non-hydrogen) atoms. The number of fused-ring (bicyclic) bond motifs is 1. The number of para-hydroxylation sites is 1. The summed E-state index contributed by atoms with van der Waals surface area (Å²) in [5.41, 5.74) is 1.31. The molecule has 3 heterocycles. The van der Waals surface area contributed by atoms with Crippen molar-refractivity contribution in [1.82, 2.24) is 24.1 Å². The third-order valence-corrected chi connectivity index (χ3v) is 8.44. The Kier molecular flexibility index (Phi) is 6.86. The summed E-state index contributed by atoms with van der Waals surface area (Å²) in [6.45, 7) is 4.81. The molecule has 0 unspecified atom stereocenters. The predicted octanol–water partition coefficient (Wildman–Crippen LogP) is 4.61. The lowest BCUT2D eigenvalue weighted by Gasteiger charge is -2.35. The molecule has 12 heteroatoms. The first-order valence-electron chi connectivity index (χ1n) is 12.3. The Morgan fingerprint density at radius 2 is 1.66 bits per heavy atom. The number of halogens is 3. The van der Waals surface area contributed by atoms with Gasteiger partial charge in [-0.2, -0.15) is 22.6 Å². The number of aryl methyl sites for hydroxylation is 2. The zero-order valence-electron chi connectivity index (χ0n) is 21.0. The maximum absolute atomic E-state index is 13.2. The van der Waals surface area contributed by atoms with E-state index in [0.717, 1.165) is 35.3 Å². The van der Waals surface area contributed by atoms with Crippen LogP contribution in [0.2, 0.25) is 0 Å². The number of aromatic nitrogens is 4. The minimum atomic E-state index is -4.62. The summed E-state index contributed by atoms with van der Waals surface area (Å²) < 4.78 is 68.9. The van der Waals surface area contributed by atoms with Gasteiger partial charge in [-0.15, -0.1) is 0 Å². The second-order valence-electron chi connectivity index (χ2n) is 9.16. The molecule has 0 N–H and O–H groups in total. The van der Waals surface area contributed by atoms with Crippen LogP contribution in [-0.2, 0) is 22.6 Å². The fourth-order valence-corrected chi connectivity index (χ4v) is 6.11. The number of hydrogen-bond acceptors (Lipinski definition) is 6. The van der Waals surface area contributed by atoms with E-state index >= 15 is 0 Å². The Morgan fingerprint density at radius 3 is 2.32 bits per heavy atom. The van der Waals surface area contributed by atoms with E-state index in [2.05, 4.69) is 0 Å². The molecule has 0 amide bonds. The maximum atomic E-state index is 13.2. The highest BCUT2D eigenvalue weighted by molar-refractivity contribution is 7.89. The van der Waals surface area contributed by atoms with Crippen LogP contribution in [-0.4, -0.2) is 58.7 Å². The van der Waals surface area contributed by atoms with E-state index in [9.17, 15) is 21.6 Å². The molecule has 0 bridgehead atoms. The van der Waals surface area contributed by atoms with Gasteiger partial charge in [0.1, 0.15) is 11.6 Å². The minimum Gasteiger partial charge on any atom is -0.353 e. The Morgan fingerprint density at radius 1 is 0.947 bits per heavy atom. The quantitative estimate of drug-likeness (QED) is 0.353. The molecule has 2 aromatic heterocycles. The molecule has 0 spiro atoms. The zero-order chi connectivity index (χ0) is 27.1. The van der Waals surface area contributed by atoms with Crippen LogP contribution in [0.5, 0.6) is 0 Å². The Balaban J connectivity index is 1.46. The molecular weight excluding hydrogens is 517 g/mol. The fourth-order valence-electron chi connectivity index (χ4n) is 4.64. The molecule has 1 aliphatic rings. The normalized spacial score (nSPS) is 15.3. The molecule has 1 fully saturated rings. The Labute approximate surface area is 218 Å². The van der Waals surface area contributed by atoms with Crippen LogP contribution in [0.25, 0.3) is 16.7 Å². The van der Waals surface area contributed by atoms with Crippen molar-refractivity contribution in [3.63, 3.8) is 0 Å². The summed E-state index contributed by atoms with van der Waals surface area (Å²) in [6.07, 6.45) is -3.10. The molecule has 0 aliphatic carbocycles. The standard InChI is InChI=1S/C26H27F3N6O2S/c1-3-8-22-30-24(23-18(2)32-35(25(23)31-22)20-10-5-4-6-11-20)33-13-15-34(16-14-33)38(36,37)21-12-7-9-19(17-21)26(27,28)29/h4-7,9-12,17H,3,8,13-16H2,1-2H3. The first-order valence-corrected chi connectivity index (χ1v) is 13.8. The van der Waals surface area contributed by atoms with Crippen molar-refractivity contribution < 1.29 is 21.6 Å². The van der Waals surface area contributed by atoms with Gasteiger partial charge in [0.2, 0.25) is 10.0 Å². The van der Waals surface area contributed by atoms with Crippen molar-refractivity contribution in [2.45, 2.75) is 37.8 Å². The number of benzene rings is 2. The van der Waals surface area contributed by atoms with Crippen LogP contribution in [0.4, 0.5) is 19.0 Å². The number of alkyl halides is 3. The van der Waals surface area contributed by atoms with Crippen molar-refractivity contribution in [1.29, 1.82) is 0 Å². The first-order chi connectivity index (χ1) is 18.1. The van der Waals surface area contributed by atoms with Gasteiger partial charge >= 0.3 is 6.18 Å². The van der Waals surface area contributed by atoms with Gasteiger partial charge in [-0.05, 0) is 43.7 Å². The van der Waals surface area contributed by atoms with Gasteiger partial charge < -0.3 is 4.90 Å². The van der Waals surface area contributed by atoms with Crippen molar-refractivity contribution >= 4 is 26.9 Å². The number of piperazine rings is 1. The van der Waals surface area contributed by atoms with Crippen LogP contribution < -0.4 is 4.90 Å². The molecule has 1 aliphatic heterocycles. The topological polar surface area (TPSA) is 84.2 Å². The number of rotatable bonds is 6. The SMILES string of the molecule is CCCc1nc(N2CCN(S(=O)(=O)c3cccc(C(F)(F)F)c3)CC2)c2c(C)nn(-c3ccccc3)c2n1. The highest BCUT2D eigenvalue weighted by atomic mass is 32.2. The van der Waals surface area contributed by atoms with Crippen LogP contribution in [0, 0.1) is 6.92 Å². The van der Waals surface area contributed by atoms with Crippen LogP contribution in [0.15, 0.2) is 59.5 Å². The summed E-state index contributed by atoms with van der Waals surface area (Å²) in [7, 11) is -4.09. The van der Waals surface area contributed by atoms with Gasteiger partial charge in [-0.25, -0.2) is 23.1 Å². The van der Waals surface area contributed by atoms with Crippen molar-refractivity contribution in [2.75, 3.05) is 31.1 Å². The van der Waals surface area contributed by atoms with E-state index in [-0.39, 0.29) is 18.0 Å². The molecule has 8 nitrogen and oxygen atoms in total. The monoisotopic (exact) mass is 544 g/mol. The third-order valence-electron chi connectivity index (χ3n) is 6.54. The van der Waals surface area contributed by atoms with Gasteiger partial charge in [0.05, 0.1) is 27.2 Å². The number of nitrogens with zero attached hydrogens (tertiary/aromatic N) is 6. The highest BCUT2D eigenvalue weighted by Crippen LogP contribution is 2.33. The predicted molar refractivity (Wildman–Crippen MR) is 138 cm³/mol. The van der Waals surface area contributed by atoms with E-state index in [1.54, 1.807) is 4.68 Å². The maximum Gasteiger partial charge on any atom is 0.416 e. The van der Waals surface area contributed by atoms with E-state index in [1.807, 2.05) is 49.1 Å². The molecular formula is C26H27F3N6O2S. The largest absolute Gasteiger partial charge is 0.416 e. The zero-order valence-corrected chi connectivity index (χ0v) is 21.8. The summed E-state index contributed by atoms with van der Waals surface area (Å²) in [5, 5.41) is 5.52. The van der Waals surface area contributed by atoms with Crippen LogP contribution in [0.1, 0.15) is 30.4 Å². The van der Waals surface area contributed by atoms with E-state index < -0.39 is 21.8 Å². The van der Waals surface area contributed by atoms with Crippen molar-refractivity contribution in [3.8, 4) is 5.69 Å². The van der Waals surface area contributed by atoms with E-state index in [0.29, 0.717) is 42.9 Å². The van der Waals surface area contributed by atoms with Gasteiger partial charge in [0.15, 0.2) is 5.65 Å². The summed E-state index contributed by atoms with van der Waals surface area (Å²) in [6, 6.07) is 13.5. The average molecular weight is 545 g/mol. The first kappa shape index (κ1) is 26.1. The molecule has 4 aromatic rings. The van der Waals surface area contributed by atoms with Crippen molar-refractivity contribution in [3.05, 3.63) is 71.7 Å². The summed E-state index contributed by atoms with van der Waals surface area (Å²) >= 11 is 0. The van der Waals surface area contributed by atoms with Gasteiger partial charge in [-0.1, -0.05) is 31.2 Å². The fraction of sp³-hybridized carbons (Fsp3) is 0.346. The lowest BCUT2D eigenvalue weighted by molar-refractivity contribution is -0.137. The van der Waals surface area contributed by atoms with Gasteiger partial charge in [0.25, 0.3) is 0 Å². The van der Waals surface area contributed by atoms with Crippen LogP contribution >= 0.6 is 0 Å². The smallest absolute Gasteiger partial charge is 0.353 e. The van der Waals surface area contributed by atoms with Gasteiger partial charge in [0, 0.05) is 32.6 Å². The lowest BCUT2D eigenvalue weighted by Crippen LogP contribution is -2.49. The molecule has 0 saturated carbocycles. The second-order valence-corrected chi connectivity index (χ2v) is 11.1. The minimum absolute atomic E-state index is 0.110. The molecule has 2 aromatic carbocycles. The number of anilines is 1. The number of sulfonamides is 1. The summed E-state index contributed by atoms with van der Waals surface area (Å²) in [4.78, 5) is 11.3. The van der Waals surface area contributed by atoms with Gasteiger partial charge in [-0.3, -0.25) is 0 Å².